The molecule has 0 amide bonds. The number of ether oxygens (including phenoxy) is 1. The molecule has 0 fully saturated rings. The van der Waals surface area contributed by atoms with Gasteiger partial charge in [0.1, 0.15) is 6.07 Å². The highest BCUT2D eigenvalue weighted by Gasteiger charge is 2.24. The third-order valence-corrected chi connectivity index (χ3v) is 1.81. The quantitative estimate of drug-likeness (QED) is 0.456. The minimum Gasteiger partial charge on any atom is -0.432 e. The van der Waals surface area contributed by atoms with Gasteiger partial charge in [-0.3, -0.25) is 14.9 Å². The number of halogens is 2. The Morgan fingerprint density at radius 2 is 2.18 bits per heavy atom. The molecule has 0 atom stereocenters. The Bertz CT molecular complexity index is 510. The molecule has 0 saturated carbocycles. The predicted molar refractivity (Wildman–Crippen MR) is 49.8 cm³/mol. The molecule has 0 aliphatic heterocycles. The first-order valence-corrected chi connectivity index (χ1v) is 4.12. The SMILES string of the molecule is N#Cc1c([N+](=O)[O-])ccc(C=O)c1OC(F)F. The van der Waals surface area contributed by atoms with Crippen LogP contribution in [0.25, 0.3) is 0 Å². The predicted octanol–water partition coefficient (Wildman–Crippen LogP) is 1.88. The fraction of sp³-hybridized carbons (Fsp3) is 0.111. The topological polar surface area (TPSA) is 93.2 Å². The lowest BCUT2D eigenvalue weighted by Crippen LogP contribution is -2.07. The molecule has 0 saturated heterocycles. The normalized spacial score (nSPS) is 9.76. The van der Waals surface area contributed by atoms with E-state index in [0.717, 1.165) is 12.1 Å². The molecule has 0 aromatic heterocycles. The van der Waals surface area contributed by atoms with Crippen molar-refractivity contribution in [2.45, 2.75) is 6.61 Å². The maximum absolute atomic E-state index is 12.1. The molecular formula is C9H4F2N2O4. The summed E-state index contributed by atoms with van der Waals surface area (Å²) >= 11 is 0. The molecular weight excluding hydrogens is 238 g/mol. The third kappa shape index (κ3) is 2.52. The van der Waals surface area contributed by atoms with Gasteiger partial charge in [0.15, 0.2) is 17.6 Å². The van der Waals surface area contributed by atoms with Gasteiger partial charge in [-0.15, -0.1) is 0 Å². The van der Waals surface area contributed by atoms with Crippen molar-refractivity contribution in [3.8, 4) is 11.8 Å². The van der Waals surface area contributed by atoms with E-state index < -0.39 is 28.5 Å². The zero-order valence-corrected chi connectivity index (χ0v) is 8.09. The number of carbonyl (C=O) groups excluding carboxylic acids is 1. The number of carbonyl (C=O) groups is 1. The summed E-state index contributed by atoms with van der Waals surface area (Å²) in [5, 5.41) is 19.2. The van der Waals surface area contributed by atoms with Gasteiger partial charge in [-0.25, -0.2) is 0 Å². The van der Waals surface area contributed by atoms with Gasteiger partial charge in [-0.2, -0.15) is 14.0 Å². The molecule has 1 aromatic carbocycles. The first-order chi connectivity index (χ1) is 8.01. The second-order valence-corrected chi connectivity index (χ2v) is 2.74. The minimum absolute atomic E-state index is 0.169. The Morgan fingerprint density at radius 1 is 1.53 bits per heavy atom. The minimum atomic E-state index is -3.29. The molecule has 0 N–H and O–H groups in total. The second-order valence-electron chi connectivity index (χ2n) is 2.74. The highest BCUT2D eigenvalue weighted by Crippen LogP contribution is 2.31. The Balaban J connectivity index is 3.49. The summed E-state index contributed by atoms with van der Waals surface area (Å²) in [5.74, 6) is -0.785. The summed E-state index contributed by atoms with van der Waals surface area (Å²) in [6.07, 6.45) is 0.169. The van der Waals surface area contributed by atoms with Crippen molar-refractivity contribution < 1.29 is 23.2 Å². The van der Waals surface area contributed by atoms with Crippen LogP contribution in [-0.4, -0.2) is 17.8 Å². The number of hydrogen-bond donors (Lipinski definition) is 0. The second kappa shape index (κ2) is 4.98. The smallest absolute Gasteiger partial charge is 0.387 e. The fourth-order valence-corrected chi connectivity index (χ4v) is 1.16. The van der Waals surface area contributed by atoms with E-state index in [1.807, 2.05) is 0 Å². The Hall–Kier alpha value is -2.56. The van der Waals surface area contributed by atoms with Crippen LogP contribution in [0.3, 0.4) is 0 Å². The van der Waals surface area contributed by atoms with Crippen LogP contribution in [0.5, 0.6) is 5.75 Å². The monoisotopic (exact) mass is 242 g/mol. The van der Waals surface area contributed by atoms with E-state index in [1.54, 1.807) is 0 Å². The number of alkyl halides is 2. The standard InChI is InChI=1S/C9H4F2N2O4/c10-9(11)17-8-5(4-14)1-2-7(13(15)16)6(8)3-12/h1-2,4,9H. The molecule has 0 radical (unpaired) electrons. The fourth-order valence-electron chi connectivity index (χ4n) is 1.16. The van der Waals surface area contributed by atoms with Gasteiger partial charge in [-0.05, 0) is 6.07 Å². The van der Waals surface area contributed by atoms with E-state index in [2.05, 4.69) is 4.74 Å². The highest BCUT2D eigenvalue weighted by atomic mass is 19.3. The molecule has 0 unspecified atom stereocenters. The summed E-state index contributed by atoms with van der Waals surface area (Å²) in [6, 6.07) is 3.18. The number of nitriles is 1. The molecule has 0 aliphatic carbocycles. The van der Waals surface area contributed by atoms with E-state index in [9.17, 15) is 23.7 Å². The van der Waals surface area contributed by atoms with Crippen LogP contribution in [-0.2, 0) is 0 Å². The van der Waals surface area contributed by atoms with Crippen molar-refractivity contribution in [2.75, 3.05) is 0 Å². The van der Waals surface area contributed by atoms with Crippen LogP contribution < -0.4 is 4.74 Å². The van der Waals surface area contributed by atoms with Crippen molar-refractivity contribution in [1.82, 2.24) is 0 Å². The van der Waals surface area contributed by atoms with E-state index in [4.69, 9.17) is 5.26 Å². The van der Waals surface area contributed by atoms with Gasteiger partial charge in [0.05, 0.1) is 10.5 Å². The van der Waals surface area contributed by atoms with Crippen molar-refractivity contribution in [2.24, 2.45) is 0 Å². The van der Waals surface area contributed by atoms with Crippen molar-refractivity contribution in [1.29, 1.82) is 5.26 Å². The molecule has 6 nitrogen and oxygen atoms in total. The number of benzene rings is 1. The van der Waals surface area contributed by atoms with Gasteiger partial charge in [-0.1, -0.05) is 0 Å². The van der Waals surface area contributed by atoms with Crippen LogP contribution >= 0.6 is 0 Å². The molecule has 1 aromatic rings. The molecule has 0 spiro atoms. The van der Waals surface area contributed by atoms with Gasteiger partial charge in [0.2, 0.25) is 0 Å². The van der Waals surface area contributed by atoms with Crippen LogP contribution in [0.1, 0.15) is 15.9 Å². The number of nitro groups is 1. The largest absolute Gasteiger partial charge is 0.432 e. The highest BCUT2D eigenvalue weighted by molar-refractivity contribution is 5.83. The maximum atomic E-state index is 12.1. The number of aldehydes is 1. The average Bonchev–Trinajstić information content (AvgIpc) is 2.27. The number of hydrogen-bond acceptors (Lipinski definition) is 5. The summed E-state index contributed by atoms with van der Waals surface area (Å²) in [5.41, 5.74) is -1.76. The first-order valence-electron chi connectivity index (χ1n) is 4.12. The lowest BCUT2D eigenvalue weighted by Gasteiger charge is -2.08. The number of nitro benzene ring substituents is 1. The van der Waals surface area contributed by atoms with Crippen LogP contribution in [0.4, 0.5) is 14.5 Å². The molecule has 0 aliphatic rings. The van der Waals surface area contributed by atoms with Crippen molar-refractivity contribution in [3.05, 3.63) is 33.4 Å². The van der Waals surface area contributed by atoms with Gasteiger partial charge >= 0.3 is 6.61 Å². The number of nitrogens with zero attached hydrogens (tertiary/aromatic N) is 2. The summed E-state index contributed by atoms with van der Waals surface area (Å²) < 4.78 is 28.1. The first kappa shape index (κ1) is 12.5. The average molecular weight is 242 g/mol. The van der Waals surface area contributed by atoms with Crippen LogP contribution in [0.15, 0.2) is 12.1 Å². The summed E-state index contributed by atoms with van der Waals surface area (Å²) in [6.45, 7) is -3.29. The Morgan fingerprint density at radius 3 is 2.59 bits per heavy atom. The van der Waals surface area contributed by atoms with E-state index in [0.29, 0.717) is 0 Å². The summed E-state index contributed by atoms with van der Waals surface area (Å²) in [4.78, 5) is 20.2. The van der Waals surface area contributed by atoms with Crippen molar-refractivity contribution >= 4 is 12.0 Å². The van der Waals surface area contributed by atoms with Gasteiger partial charge < -0.3 is 4.74 Å². The van der Waals surface area contributed by atoms with Gasteiger partial charge in [0, 0.05) is 6.07 Å². The summed E-state index contributed by atoms with van der Waals surface area (Å²) in [7, 11) is 0. The third-order valence-electron chi connectivity index (χ3n) is 1.81. The van der Waals surface area contributed by atoms with E-state index >= 15 is 0 Å². The van der Waals surface area contributed by atoms with Gasteiger partial charge in [0.25, 0.3) is 5.69 Å². The van der Waals surface area contributed by atoms with E-state index in [-0.39, 0.29) is 11.8 Å². The molecule has 8 heteroatoms. The Kier molecular flexibility index (Phi) is 3.66. The zero-order chi connectivity index (χ0) is 13.0. The number of rotatable bonds is 4. The van der Waals surface area contributed by atoms with Crippen LogP contribution in [0.2, 0.25) is 0 Å². The lowest BCUT2D eigenvalue weighted by molar-refractivity contribution is -0.385. The lowest BCUT2D eigenvalue weighted by atomic mass is 10.1. The molecule has 0 bridgehead atoms. The van der Waals surface area contributed by atoms with E-state index in [1.165, 1.54) is 6.07 Å². The van der Waals surface area contributed by atoms with Crippen LogP contribution in [0, 0.1) is 21.4 Å². The van der Waals surface area contributed by atoms with Crippen molar-refractivity contribution in [3.63, 3.8) is 0 Å². The zero-order valence-electron chi connectivity index (χ0n) is 8.09. The molecule has 0 heterocycles. The molecule has 1 rings (SSSR count). The molecule has 17 heavy (non-hydrogen) atoms. The Labute approximate surface area is 93.2 Å². The molecule has 88 valence electrons. The maximum Gasteiger partial charge on any atom is 0.387 e.